The number of benzene rings is 1. The van der Waals surface area contributed by atoms with Gasteiger partial charge in [-0.15, -0.1) is 11.6 Å². The molecule has 1 aliphatic heterocycles. The maximum Gasteiger partial charge on any atom is 0.277 e. The number of nitro benzene ring substituents is 2. The van der Waals surface area contributed by atoms with Crippen molar-refractivity contribution < 1.29 is 23.1 Å². The van der Waals surface area contributed by atoms with Crippen molar-refractivity contribution in [2.75, 3.05) is 11.5 Å². The molecule has 1 fully saturated rings. The van der Waals surface area contributed by atoms with Crippen LogP contribution in [0.5, 0.6) is 0 Å². The quantitative estimate of drug-likeness (QED) is 0.437. The van der Waals surface area contributed by atoms with Crippen LogP contribution >= 0.6 is 23.4 Å². The molecule has 0 bridgehead atoms. The Morgan fingerprint density at radius 2 is 1.65 bits per heavy atom. The highest BCUT2D eigenvalue weighted by Gasteiger charge is 2.38. The summed E-state index contributed by atoms with van der Waals surface area (Å²) in [4.78, 5) is 32.1. The van der Waals surface area contributed by atoms with E-state index in [0.29, 0.717) is 11.8 Å². The van der Waals surface area contributed by atoms with Crippen LogP contribution in [0.3, 0.4) is 0 Å². The summed E-state index contributed by atoms with van der Waals surface area (Å²) in [6, 6.07) is 2.57. The number of rotatable bonds is 4. The maximum absolute atomic E-state index is 12.2. The lowest BCUT2D eigenvalue weighted by Crippen LogP contribution is -2.17. The number of sulfone groups is 1. The average molecular weight is 381 g/mol. The summed E-state index contributed by atoms with van der Waals surface area (Å²) >= 11 is 6.51. The first-order valence-electron chi connectivity index (χ1n) is 6.08. The van der Waals surface area contributed by atoms with Gasteiger partial charge < -0.3 is 0 Å². The molecule has 2 rings (SSSR count). The van der Waals surface area contributed by atoms with E-state index in [2.05, 4.69) is 0 Å². The Morgan fingerprint density at radius 1 is 1.13 bits per heavy atom. The van der Waals surface area contributed by atoms with Crippen LogP contribution in [-0.2, 0) is 9.84 Å². The van der Waals surface area contributed by atoms with Gasteiger partial charge >= 0.3 is 0 Å². The summed E-state index contributed by atoms with van der Waals surface area (Å²) in [5.41, 5.74) is -1.43. The number of hydrogen-bond donors (Lipinski definition) is 0. The predicted molar refractivity (Wildman–Crippen MR) is 83.8 cm³/mol. The minimum Gasteiger partial charge on any atom is -0.282 e. The van der Waals surface area contributed by atoms with E-state index in [9.17, 15) is 33.4 Å². The first-order valence-corrected chi connectivity index (χ1v) is 9.22. The molecule has 0 unspecified atom stereocenters. The molecule has 0 aliphatic carbocycles. The van der Waals surface area contributed by atoms with Crippen LogP contribution in [0.15, 0.2) is 18.2 Å². The predicted octanol–water partition coefficient (Wildman–Crippen LogP) is 1.78. The van der Waals surface area contributed by atoms with E-state index in [-0.39, 0.29) is 17.1 Å². The maximum atomic E-state index is 12.2. The van der Waals surface area contributed by atoms with E-state index >= 15 is 0 Å². The normalized spacial score (nSPS) is 22.7. The molecule has 1 aromatic carbocycles. The highest BCUT2D eigenvalue weighted by Crippen LogP contribution is 2.32. The summed E-state index contributed by atoms with van der Waals surface area (Å²) in [5.74, 6) is -0.539. The minimum atomic E-state index is -3.34. The van der Waals surface area contributed by atoms with Crippen molar-refractivity contribution in [1.29, 1.82) is 0 Å². The second-order valence-electron chi connectivity index (χ2n) is 4.79. The number of nitrogens with zero attached hydrogens (tertiary/aromatic N) is 2. The van der Waals surface area contributed by atoms with Gasteiger partial charge in [0.2, 0.25) is 5.12 Å². The summed E-state index contributed by atoms with van der Waals surface area (Å²) in [7, 11) is -3.34. The largest absolute Gasteiger partial charge is 0.282 e. The van der Waals surface area contributed by atoms with Crippen LogP contribution in [0, 0.1) is 20.2 Å². The van der Waals surface area contributed by atoms with Crippen LogP contribution in [0.1, 0.15) is 10.4 Å². The van der Waals surface area contributed by atoms with Crippen molar-refractivity contribution in [3.05, 3.63) is 44.0 Å². The van der Waals surface area contributed by atoms with E-state index in [4.69, 9.17) is 11.6 Å². The fourth-order valence-corrected chi connectivity index (χ4v) is 6.31. The van der Waals surface area contributed by atoms with Crippen LogP contribution in [-0.4, -0.2) is 45.5 Å². The second-order valence-corrected chi connectivity index (χ2v) is 8.72. The molecular formula is C11H9ClN2O7S2. The third-order valence-electron chi connectivity index (χ3n) is 3.05. The van der Waals surface area contributed by atoms with E-state index in [1.54, 1.807) is 0 Å². The molecule has 2 atom stereocenters. The molecule has 0 spiro atoms. The van der Waals surface area contributed by atoms with Gasteiger partial charge in [-0.2, -0.15) is 0 Å². The van der Waals surface area contributed by atoms with Gasteiger partial charge in [0.25, 0.3) is 11.4 Å². The fourth-order valence-electron chi connectivity index (χ4n) is 2.01. The average Bonchev–Trinajstić information content (AvgIpc) is 2.70. The lowest BCUT2D eigenvalue weighted by atomic mass is 10.2. The van der Waals surface area contributed by atoms with Crippen molar-refractivity contribution in [1.82, 2.24) is 0 Å². The molecule has 124 valence electrons. The highest BCUT2D eigenvalue weighted by molar-refractivity contribution is 8.15. The number of carbonyl (C=O) groups excluding carboxylic acids is 1. The molecular weight excluding hydrogens is 372 g/mol. The lowest BCUT2D eigenvalue weighted by molar-refractivity contribution is -0.394. The Hall–Kier alpha value is -1.72. The van der Waals surface area contributed by atoms with Gasteiger partial charge in [0.15, 0.2) is 9.84 Å². The topological polar surface area (TPSA) is 137 Å². The second kappa shape index (κ2) is 6.42. The molecule has 0 amide bonds. The third kappa shape index (κ3) is 4.18. The van der Waals surface area contributed by atoms with E-state index in [0.717, 1.165) is 18.2 Å². The minimum absolute atomic E-state index is 0.246. The highest BCUT2D eigenvalue weighted by atomic mass is 35.5. The molecule has 9 nitrogen and oxygen atoms in total. The first kappa shape index (κ1) is 17.6. The number of non-ortho nitro benzene ring substituents is 2. The Kier molecular flexibility index (Phi) is 4.92. The van der Waals surface area contributed by atoms with Gasteiger partial charge in [0.05, 0.1) is 32.8 Å². The Bertz CT molecular complexity index is 763. The number of halogens is 1. The number of nitro groups is 2. The summed E-state index contributed by atoms with van der Waals surface area (Å²) in [6.07, 6.45) is 0. The molecule has 1 saturated heterocycles. The Morgan fingerprint density at radius 3 is 2.04 bits per heavy atom. The SMILES string of the molecule is O=C(S[C@@H]1CS(=O)(=O)C[C@@H]1Cl)c1cc([N+](=O)[O-])cc([N+](=O)[O-])c1. The molecule has 0 N–H and O–H groups in total. The van der Waals surface area contributed by atoms with Gasteiger partial charge in [0, 0.05) is 22.9 Å². The Balaban J connectivity index is 2.29. The first-order chi connectivity index (χ1) is 10.6. The van der Waals surface area contributed by atoms with Crippen LogP contribution in [0.2, 0.25) is 0 Å². The molecule has 0 aromatic heterocycles. The smallest absolute Gasteiger partial charge is 0.277 e. The van der Waals surface area contributed by atoms with Gasteiger partial charge in [-0.05, 0) is 0 Å². The monoisotopic (exact) mass is 380 g/mol. The van der Waals surface area contributed by atoms with Crippen molar-refractivity contribution >= 4 is 49.7 Å². The molecule has 1 aliphatic rings. The van der Waals surface area contributed by atoms with Crippen LogP contribution in [0.4, 0.5) is 11.4 Å². The molecule has 0 radical (unpaired) electrons. The van der Waals surface area contributed by atoms with Crippen molar-refractivity contribution in [3.8, 4) is 0 Å². The zero-order valence-corrected chi connectivity index (χ0v) is 13.6. The summed E-state index contributed by atoms with van der Waals surface area (Å²) in [5, 5.41) is 19.4. The summed E-state index contributed by atoms with van der Waals surface area (Å²) in [6.45, 7) is 0. The molecule has 1 aromatic rings. The fraction of sp³-hybridized carbons (Fsp3) is 0.364. The molecule has 0 saturated carbocycles. The number of thioether (sulfide) groups is 1. The van der Waals surface area contributed by atoms with Crippen LogP contribution in [0.25, 0.3) is 0 Å². The van der Waals surface area contributed by atoms with Crippen molar-refractivity contribution in [3.63, 3.8) is 0 Å². The number of hydrogen-bond acceptors (Lipinski definition) is 8. The molecule has 23 heavy (non-hydrogen) atoms. The van der Waals surface area contributed by atoms with Crippen molar-refractivity contribution in [2.45, 2.75) is 10.6 Å². The van der Waals surface area contributed by atoms with E-state index in [1.165, 1.54) is 0 Å². The standard InChI is InChI=1S/C11H9ClN2O7S2/c12-9-4-23(20,21)5-10(9)22-11(15)6-1-7(13(16)17)3-8(2-6)14(18)19/h1-3,9-10H,4-5H2/t9-,10+/m0/s1. The zero-order chi connectivity index (χ0) is 17.4. The molecule has 12 heteroatoms. The molecule has 1 heterocycles. The van der Waals surface area contributed by atoms with Gasteiger partial charge in [-0.3, -0.25) is 25.0 Å². The van der Waals surface area contributed by atoms with Gasteiger partial charge in [-0.25, -0.2) is 8.42 Å². The van der Waals surface area contributed by atoms with E-state index in [1.807, 2.05) is 0 Å². The van der Waals surface area contributed by atoms with Gasteiger partial charge in [-0.1, -0.05) is 11.8 Å². The van der Waals surface area contributed by atoms with Crippen molar-refractivity contribution in [2.24, 2.45) is 0 Å². The van der Waals surface area contributed by atoms with E-state index < -0.39 is 46.8 Å². The number of carbonyl (C=O) groups is 1. The third-order valence-corrected chi connectivity index (χ3v) is 7.04. The summed E-state index contributed by atoms with van der Waals surface area (Å²) < 4.78 is 22.9. The van der Waals surface area contributed by atoms with Crippen LogP contribution < -0.4 is 0 Å². The lowest BCUT2D eigenvalue weighted by Gasteiger charge is -2.10. The van der Waals surface area contributed by atoms with Gasteiger partial charge in [0.1, 0.15) is 0 Å². The number of alkyl halides is 1. The Labute approximate surface area is 139 Å². The zero-order valence-electron chi connectivity index (χ0n) is 11.2.